The van der Waals surface area contributed by atoms with Crippen LogP contribution in [0.3, 0.4) is 0 Å². The molecule has 0 unspecified atom stereocenters. The highest BCUT2D eigenvalue weighted by Crippen LogP contribution is 2.12. The largest absolute Gasteiger partial charge is 0.352 e. The zero-order valence-corrected chi connectivity index (χ0v) is 19.5. The van der Waals surface area contributed by atoms with E-state index in [-0.39, 0.29) is 28.6 Å². The molecule has 0 radical (unpaired) electrons. The maximum Gasteiger partial charge on any atom is 0.276 e. The van der Waals surface area contributed by atoms with Gasteiger partial charge in [0.05, 0.1) is 17.0 Å². The normalized spacial score (nSPS) is 10.9. The van der Waals surface area contributed by atoms with Gasteiger partial charge in [-0.2, -0.15) is 0 Å². The van der Waals surface area contributed by atoms with Gasteiger partial charge in [0.25, 0.3) is 27.7 Å². The van der Waals surface area contributed by atoms with Crippen molar-refractivity contribution >= 4 is 33.7 Å². The van der Waals surface area contributed by atoms with Gasteiger partial charge >= 0.3 is 0 Å². The van der Waals surface area contributed by atoms with Crippen LogP contribution in [0, 0.1) is 0 Å². The average molecular weight is 490 g/mol. The summed E-state index contributed by atoms with van der Waals surface area (Å²) in [5.74, 6) is -2.78. The van der Waals surface area contributed by atoms with Gasteiger partial charge in [-0.25, -0.2) is 13.1 Å². The second-order valence-electron chi connectivity index (χ2n) is 7.29. The number of carbonyl (C=O) groups excluding carboxylic acids is 4. The molecule has 0 spiro atoms. The first-order valence-corrected chi connectivity index (χ1v) is 12.1. The molecule has 5 N–H and O–H groups in total. The van der Waals surface area contributed by atoms with Gasteiger partial charge in [0.1, 0.15) is 5.69 Å². The standard InChI is InChI=1S/C22H27N5O6S/c1-2-3-4-5-12-24-20(29)15-6-9-17(10-7-15)34(32,33)27-21(30)16-8-11-18(25-14-16)22(31)26-19(28)13-23/h6-11,14H,2-5,12-13,23H2,1H3,(H,24,29)(H,27,30)(H,26,28,31). The lowest BCUT2D eigenvalue weighted by atomic mass is 10.2. The van der Waals surface area contributed by atoms with E-state index in [0.29, 0.717) is 12.1 Å². The third kappa shape index (κ3) is 7.74. The van der Waals surface area contributed by atoms with E-state index < -0.39 is 27.7 Å². The summed E-state index contributed by atoms with van der Waals surface area (Å²) in [7, 11) is -4.22. The Kier molecular flexibility index (Phi) is 9.83. The van der Waals surface area contributed by atoms with Gasteiger partial charge in [-0.1, -0.05) is 26.2 Å². The lowest BCUT2D eigenvalue weighted by molar-refractivity contribution is -0.118. The Morgan fingerprint density at radius 3 is 2.15 bits per heavy atom. The second-order valence-corrected chi connectivity index (χ2v) is 8.97. The first-order chi connectivity index (χ1) is 16.2. The minimum Gasteiger partial charge on any atom is -0.352 e. The van der Waals surface area contributed by atoms with E-state index in [0.717, 1.165) is 37.9 Å². The van der Waals surface area contributed by atoms with E-state index in [1.165, 1.54) is 30.3 Å². The number of amides is 4. The monoisotopic (exact) mass is 489 g/mol. The summed E-state index contributed by atoms with van der Waals surface area (Å²) in [4.78, 5) is 51.0. The van der Waals surface area contributed by atoms with Crippen molar-refractivity contribution in [2.45, 2.75) is 37.5 Å². The number of carbonyl (C=O) groups is 4. The van der Waals surface area contributed by atoms with Gasteiger partial charge in [-0.15, -0.1) is 0 Å². The van der Waals surface area contributed by atoms with Crippen molar-refractivity contribution in [3.8, 4) is 0 Å². The number of benzene rings is 1. The maximum atomic E-state index is 12.5. The summed E-state index contributed by atoms with van der Waals surface area (Å²) in [5, 5.41) is 4.77. The van der Waals surface area contributed by atoms with Crippen molar-refractivity contribution in [1.82, 2.24) is 20.3 Å². The van der Waals surface area contributed by atoms with Gasteiger partial charge in [-0.3, -0.25) is 29.5 Å². The summed E-state index contributed by atoms with van der Waals surface area (Å²) < 4.78 is 27.0. The van der Waals surface area contributed by atoms with Gasteiger partial charge in [-0.05, 0) is 42.8 Å². The molecule has 0 saturated carbocycles. The number of sulfonamides is 1. The lowest BCUT2D eigenvalue weighted by Crippen LogP contribution is -2.36. The van der Waals surface area contributed by atoms with Crippen LogP contribution >= 0.6 is 0 Å². The molecule has 0 aliphatic rings. The fraction of sp³-hybridized carbons (Fsp3) is 0.318. The minimum absolute atomic E-state index is 0.121. The molecule has 1 aromatic carbocycles. The molecule has 1 aromatic heterocycles. The molecule has 34 heavy (non-hydrogen) atoms. The first-order valence-electron chi connectivity index (χ1n) is 10.6. The van der Waals surface area contributed by atoms with Crippen molar-refractivity contribution in [3.63, 3.8) is 0 Å². The fourth-order valence-electron chi connectivity index (χ4n) is 2.79. The summed E-state index contributed by atoms with van der Waals surface area (Å²) in [6.45, 7) is 2.25. The number of nitrogens with two attached hydrogens (primary N) is 1. The molecule has 2 rings (SSSR count). The number of hydrogen-bond acceptors (Lipinski definition) is 8. The molecular weight excluding hydrogens is 462 g/mol. The predicted octanol–water partition coefficient (Wildman–Crippen LogP) is 0.726. The zero-order valence-electron chi connectivity index (χ0n) is 18.7. The van der Waals surface area contributed by atoms with Gasteiger partial charge < -0.3 is 11.1 Å². The molecular formula is C22H27N5O6S. The SMILES string of the molecule is CCCCCCNC(=O)c1ccc(S(=O)(=O)NC(=O)c2ccc(C(=O)NC(=O)CN)nc2)cc1. The highest BCUT2D eigenvalue weighted by Gasteiger charge is 2.20. The number of pyridine rings is 1. The van der Waals surface area contributed by atoms with Crippen molar-refractivity contribution in [3.05, 3.63) is 59.4 Å². The van der Waals surface area contributed by atoms with E-state index in [1.54, 1.807) is 0 Å². The Labute approximate surface area is 197 Å². The fourth-order valence-corrected chi connectivity index (χ4v) is 3.76. The van der Waals surface area contributed by atoms with Gasteiger partial charge in [0, 0.05) is 18.3 Å². The van der Waals surface area contributed by atoms with Crippen LogP contribution in [0.25, 0.3) is 0 Å². The molecule has 0 bridgehead atoms. The molecule has 0 atom stereocenters. The topological polar surface area (TPSA) is 177 Å². The van der Waals surface area contributed by atoms with Crippen LogP contribution in [-0.2, 0) is 14.8 Å². The van der Waals surface area contributed by atoms with Crippen LogP contribution in [0.4, 0.5) is 0 Å². The molecule has 0 saturated heterocycles. The average Bonchev–Trinajstić information content (AvgIpc) is 2.83. The van der Waals surface area contributed by atoms with Gasteiger partial charge in [0.2, 0.25) is 5.91 Å². The molecule has 0 fully saturated rings. The van der Waals surface area contributed by atoms with Crippen molar-refractivity contribution in [1.29, 1.82) is 0 Å². The quantitative estimate of drug-likeness (QED) is 0.334. The summed E-state index contributed by atoms with van der Waals surface area (Å²) in [5.41, 5.74) is 5.14. The Hall–Kier alpha value is -3.64. The Morgan fingerprint density at radius 1 is 0.882 bits per heavy atom. The molecule has 1 heterocycles. The first kappa shape index (κ1) is 26.6. The van der Waals surface area contributed by atoms with Crippen LogP contribution < -0.4 is 21.1 Å². The number of nitrogens with one attached hydrogen (secondary N) is 3. The van der Waals surface area contributed by atoms with E-state index in [4.69, 9.17) is 5.73 Å². The number of unbranched alkanes of at least 4 members (excludes halogenated alkanes) is 3. The van der Waals surface area contributed by atoms with Crippen LogP contribution in [0.2, 0.25) is 0 Å². The zero-order chi connectivity index (χ0) is 25.1. The molecule has 12 heteroatoms. The smallest absolute Gasteiger partial charge is 0.276 e. The van der Waals surface area contributed by atoms with Crippen LogP contribution in [0.15, 0.2) is 47.5 Å². The highest BCUT2D eigenvalue weighted by atomic mass is 32.2. The number of imide groups is 1. The summed E-state index contributed by atoms with van der Waals surface area (Å²) in [6.07, 6.45) is 5.08. The second kappa shape index (κ2) is 12.6. The Morgan fingerprint density at radius 2 is 1.56 bits per heavy atom. The van der Waals surface area contributed by atoms with Gasteiger partial charge in [0.15, 0.2) is 0 Å². The number of nitrogens with zero attached hydrogens (tertiary/aromatic N) is 1. The minimum atomic E-state index is -4.22. The number of aromatic nitrogens is 1. The van der Waals surface area contributed by atoms with E-state index in [1.807, 2.05) is 10.0 Å². The highest BCUT2D eigenvalue weighted by molar-refractivity contribution is 7.90. The summed E-state index contributed by atoms with van der Waals surface area (Å²) in [6, 6.07) is 7.52. The van der Waals surface area contributed by atoms with Crippen molar-refractivity contribution in [2.75, 3.05) is 13.1 Å². The Balaban J connectivity index is 1.98. The summed E-state index contributed by atoms with van der Waals surface area (Å²) >= 11 is 0. The molecule has 182 valence electrons. The predicted molar refractivity (Wildman–Crippen MR) is 123 cm³/mol. The lowest BCUT2D eigenvalue weighted by Gasteiger charge is -2.09. The molecule has 4 amide bonds. The third-order valence-corrected chi connectivity index (χ3v) is 6.01. The van der Waals surface area contributed by atoms with Crippen LogP contribution in [0.1, 0.15) is 63.8 Å². The van der Waals surface area contributed by atoms with E-state index >= 15 is 0 Å². The van der Waals surface area contributed by atoms with E-state index in [9.17, 15) is 27.6 Å². The number of hydrogen-bond donors (Lipinski definition) is 4. The third-order valence-electron chi connectivity index (χ3n) is 4.67. The molecule has 0 aliphatic carbocycles. The van der Waals surface area contributed by atoms with Crippen molar-refractivity contribution in [2.24, 2.45) is 5.73 Å². The maximum absolute atomic E-state index is 12.5. The Bertz CT molecular complexity index is 1130. The molecule has 0 aliphatic heterocycles. The molecule has 11 nitrogen and oxygen atoms in total. The van der Waals surface area contributed by atoms with Crippen LogP contribution in [0.5, 0.6) is 0 Å². The molecule has 2 aromatic rings. The van der Waals surface area contributed by atoms with E-state index in [2.05, 4.69) is 17.2 Å². The van der Waals surface area contributed by atoms with Crippen LogP contribution in [-0.4, -0.2) is 50.1 Å². The van der Waals surface area contributed by atoms with Crippen molar-refractivity contribution < 1.29 is 27.6 Å². The number of rotatable bonds is 11.